The molecule has 0 atom stereocenters. The van der Waals surface area contributed by atoms with Crippen molar-refractivity contribution in [3.63, 3.8) is 0 Å². The minimum absolute atomic E-state index is 0.639. The van der Waals surface area contributed by atoms with Crippen LogP contribution in [0.1, 0.15) is 25.5 Å². The molecule has 1 fully saturated rings. The summed E-state index contributed by atoms with van der Waals surface area (Å²) in [6.07, 6.45) is 4.45. The van der Waals surface area contributed by atoms with E-state index >= 15 is 0 Å². The van der Waals surface area contributed by atoms with E-state index in [0.717, 1.165) is 30.7 Å². The molecule has 1 aromatic rings. The van der Waals surface area contributed by atoms with E-state index in [1.54, 1.807) is 6.20 Å². The molecule has 3 N–H and O–H groups in total. The molecule has 0 bridgehead atoms. The topological polar surface area (TPSA) is 65.1 Å². The van der Waals surface area contributed by atoms with Crippen LogP contribution in [0, 0.1) is 5.92 Å². The van der Waals surface area contributed by atoms with Gasteiger partial charge in [-0.3, -0.25) is 5.10 Å². The standard InChI is InChI=1S/C11H19N5/c1-2-12-11(13-7-9-3-4-9)14-8-10-5-6-15-16-10/h5-6,9H,2-4,7-8H2,1H3,(H,15,16)(H2,12,13,14). The monoisotopic (exact) mass is 221 g/mol. The van der Waals surface area contributed by atoms with Gasteiger partial charge < -0.3 is 10.6 Å². The van der Waals surface area contributed by atoms with Gasteiger partial charge in [-0.15, -0.1) is 0 Å². The lowest BCUT2D eigenvalue weighted by molar-refractivity contribution is 0.738. The van der Waals surface area contributed by atoms with Crippen molar-refractivity contribution in [1.82, 2.24) is 20.8 Å². The molecule has 0 aliphatic heterocycles. The Hall–Kier alpha value is -1.52. The van der Waals surface area contributed by atoms with Crippen molar-refractivity contribution in [1.29, 1.82) is 0 Å². The number of rotatable bonds is 5. The highest BCUT2D eigenvalue weighted by Crippen LogP contribution is 2.27. The van der Waals surface area contributed by atoms with E-state index in [1.165, 1.54) is 12.8 Å². The molecule has 1 aromatic heterocycles. The third kappa shape index (κ3) is 3.56. The predicted molar refractivity (Wildman–Crippen MR) is 64.1 cm³/mol. The van der Waals surface area contributed by atoms with E-state index in [1.807, 2.05) is 6.07 Å². The van der Waals surface area contributed by atoms with Crippen molar-refractivity contribution in [3.05, 3.63) is 18.0 Å². The first kappa shape index (κ1) is 11.0. The number of hydrogen-bond donors (Lipinski definition) is 3. The zero-order valence-electron chi connectivity index (χ0n) is 9.66. The van der Waals surface area contributed by atoms with Gasteiger partial charge in [0.05, 0.1) is 12.2 Å². The first-order chi connectivity index (χ1) is 7.88. The third-order valence-electron chi connectivity index (χ3n) is 2.57. The average molecular weight is 221 g/mol. The Morgan fingerprint density at radius 2 is 2.44 bits per heavy atom. The van der Waals surface area contributed by atoms with E-state index in [2.05, 4.69) is 32.7 Å². The van der Waals surface area contributed by atoms with Crippen LogP contribution in [0.5, 0.6) is 0 Å². The minimum Gasteiger partial charge on any atom is -0.357 e. The summed E-state index contributed by atoms with van der Waals surface area (Å²) in [5.41, 5.74) is 1.03. The van der Waals surface area contributed by atoms with Crippen LogP contribution >= 0.6 is 0 Å². The van der Waals surface area contributed by atoms with Gasteiger partial charge in [-0.05, 0) is 31.7 Å². The number of guanidine groups is 1. The van der Waals surface area contributed by atoms with Crippen LogP contribution < -0.4 is 10.6 Å². The van der Waals surface area contributed by atoms with E-state index in [9.17, 15) is 0 Å². The first-order valence-corrected chi connectivity index (χ1v) is 5.89. The van der Waals surface area contributed by atoms with Gasteiger partial charge in [0.2, 0.25) is 0 Å². The summed E-state index contributed by atoms with van der Waals surface area (Å²) >= 11 is 0. The maximum Gasteiger partial charge on any atom is 0.191 e. The molecule has 1 aliphatic rings. The predicted octanol–water partition coefficient (Wildman–Crippen LogP) is 0.875. The third-order valence-corrected chi connectivity index (χ3v) is 2.57. The smallest absolute Gasteiger partial charge is 0.191 e. The van der Waals surface area contributed by atoms with Crippen molar-refractivity contribution in [2.24, 2.45) is 10.9 Å². The van der Waals surface area contributed by atoms with Crippen molar-refractivity contribution >= 4 is 5.96 Å². The van der Waals surface area contributed by atoms with Crippen LogP contribution in [0.2, 0.25) is 0 Å². The molecular weight excluding hydrogens is 202 g/mol. The largest absolute Gasteiger partial charge is 0.357 e. The Balaban J connectivity index is 1.81. The fraction of sp³-hybridized carbons (Fsp3) is 0.636. The maximum atomic E-state index is 4.48. The summed E-state index contributed by atoms with van der Waals surface area (Å²) in [5.74, 6) is 1.75. The summed E-state index contributed by atoms with van der Waals surface area (Å²) in [6.45, 7) is 4.64. The van der Waals surface area contributed by atoms with Crippen LogP contribution in [0.25, 0.3) is 0 Å². The normalized spacial score (nSPS) is 16.2. The molecule has 1 heterocycles. The number of nitrogens with one attached hydrogen (secondary N) is 3. The number of hydrogen-bond acceptors (Lipinski definition) is 2. The molecule has 0 amide bonds. The van der Waals surface area contributed by atoms with Gasteiger partial charge in [-0.2, -0.15) is 5.10 Å². The van der Waals surface area contributed by atoms with E-state index < -0.39 is 0 Å². The van der Waals surface area contributed by atoms with Gasteiger partial charge >= 0.3 is 0 Å². The second kappa shape index (κ2) is 5.53. The van der Waals surface area contributed by atoms with Crippen molar-refractivity contribution < 1.29 is 0 Å². The molecule has 1 saturated carbocycles. The van der Waals surface area contributed by atoms with E-state index in [4.69, 9.17) is 0 Å². The number of aromatic nitrogens is 2. The second-order valence-corrected chi connectivity index (χ2v) is 4.10. The van der Waals surface area contributed by atoms with Gasteiger partial charge in [0.1, 0.15) is 0 Å². The molecule has 0 unspecified atom stereocenters. The Labute approximate surface area is 95.7 Å². The molecule has 0 aromatic carbocycles. The minimum atomic E-state index is 0.639. The molecule has 1 aliphatic carbocycles. The van der Waals surface area contributed by atoms with Crippen molar-refractivity contribution in [2.45, 2.75) is 26.3 Å². The number of nitrogens with zero attached hydrogens (tertiary/aromatic N) is 2. The number of aliphatic imine (C=N–C) groups is 1. The fourth-order valence-electron chi connectivity index (χ4n) is 1.44. The van der Waals surface area contributed by atoms with Gasteiger partial charge in [0, 0.05) is 19.3 Å². The molecule has 0 spiro atoms. The highest BCUT2D eigenvalue weighted by atomic mass is 15.2. The highest BCUT2D eigenvalue weighted by Gasteiger charge is 2.20. The van der Waals surface area contributed by atoms with Crippen molar-refractivity contribution in [3.8, 4) is 0 Å². The number of aromatic amines is 1. The van der Waals surface area contributed by atoms with E-state index in [0.29, 0.717) is 6.54 Å². The quantitative estimate of drug-likeness (QED) is 0.511. The Bertz CT molecular complexity index is 326. The molecule has 2 rings (SSSR count). The lowest BCUT2D eigenvalue weighted by Crippen LogP contribution is -2.38. The molecule has 5 nitrogen and oxygen atoms in total. The summed E-state index contributed by atoms with van der Waals surface area (Å²) in [7, 11) is 0. The molecular formula is C11H19N5. The highest BCUT2D eigenvalue weighted by molar-refractivity contribution is 5.79. The molecule has 5 heteroatoms. The Kier molecular flexibility index (Phi) is 3.80. The van der Waals surface area contributed by atoms with Crippen LogP contribution in [-0.2, 0) is 6.54 Å². The van der Waals surface area contributed by atoms with Crippen molar-refractivity contribution in [2.75, 3.05) is 13.1 Å². The second-order valence-electron chi connectivity index (χ2n) is 4.10. The summed E-state index contributed by atoms with van der Waals surface area (Å²) < 4.78 is 0. The molecule has 16 heavy (non-hydrogen) atoms. The summed E-state index contributed by atoms with van der Waals surface area (Å²) in [5, 5.41) is 13.4. The zero-order chi connectivity index (χ0) is 11.2. The Morgan fingerprint density at radius 1 is 1.56 bits per heavy atom. The summed E-state index contributed by atoms with van der Waals surface area (Å²) in [4.78, 5) is 4.48. The van der Waals surface area contributed by atoms with Gasteiger partial charge in [0.25, 0.3) is 0 Å². The average Bonchev–Trinajstić information content (AvgIpc) is 2.97. The van der Waals surface area contributed by atoms with Crippen LogP contribution in [0.4, 0.5) is 0 Å². The van der Waals surface area contributed by atoms with Crippen LogP contribution in [0.15, 0.2) is 17.3 Å². The van der Waals surface area contributed by atoms with Crippen LogP contribution in [0.3, 0.4) is 0 Å². The lowest BCUT2D eigenvalue weighted by atomic mass is 10.4. The first-order valence-electron chi connectivity index (χ1n) is 5.89. The molecule has 0 saturated heterocycles. The fourth-order valence-corrected chi connectivity index (χ4v) is 1.44. The molecule has 0 radical (unpaired) electrons. The lowest BCUT2D eigenvalue weighted by Gasteiger charge is -2.10. The van der Waals surface area contributed by atoms with Gasteiger partial charge in [0.15, 0.2) is 5.96 Å². The summed E-state index contributed by atoms with van der Waals surface area (Å²) in [6, 6.07) is 1.94. The van der Waals surface area contributed by atoms with E-state index in [-0.39, 0.29) is 0 Å². The Morgan fingerprint density at radius 3 is 3.06 bits per heavy atom. The number of H-pyrrole nitrogens is 1. The maximum absolute atomic E-state index is 4.48. The zero-order valence-corrected chi connectivity index (χ0v) is 9.66. The van der Waals surface area contributed by atoms with Gasteiger partial charge in [-0.1, -0.05) is 0 Å². The molecule has 88 valence electrons. The van der Waals surface area contributed by atoms with Crippen LogP contribution in [-0.4, -0.2) is 29.2 Å². The SMILES string of the molecule is CCNC(=NCc1ccn[nH]1)NCC1CC1. The van der Waals surface area contributed by atoms with Gasteiger partial charge in [-0.25, -0.2) is 4.99 Å².